The first kappa shape index (κ1) is 21.0. The molecule has 1 saturated heterocycles. The minimum Gasteiger partial charge on any atom is -0.336 e. The summed E-state index contributed by atoms with van der Waals surface area (Å²) in [7, 11) is 0. The second-order valence-electron chi connectivity index (χ2n) is 8.58. The summed E-state index contributed by atoms with van der Waals surface area (Å²) < 4.78 is 15.5. The third-order valence-corrected chi connectivity index (χ3v) is 7.59. The lowest BCUT2D eigenvalue weighted by molar-refractivity contribution is -0.137. The summed E-state index contributed by atoms with van der Waals surface area (Å²) in [4.78, 5) is 15.9. The molecule has 5 rings (SSSR count). The Labute approximate surface area is 191 Å². The highest BCUT2D eigenvalue weighted by Crippen LogP contribution is 2.40. The van der Waals surface area contributed by atoms with Crippen LogP contribution in [-0.2, 0) is 4.79 Å². The van der Waals surface area contributed by atoms with Crippen molar-refractivity contribution >= 4 is 17.7 Å². The molecule has 1 N–H and O–H groups in total. The van der Waals surface area contributed by atoms with Crippen LogP contribution in [0.2, 0.25) is 0 Å². The summed E-state index contributed by atoms with van der Waals surface area (Å²) in [6, 6.07) is 16.2. The molecule has 1 amide bonds. The third kappa shape index (κ3) is 3.77. The Morgan fingerprint density at radius 2 is 1.72 bits per heavy atom. The van der Waals surface area contributed by atoms with Crippen LogP contribution in [-0.4, -0.2) is 43.0 Å². The maximum absolute atomic E-state index is 13.8. The number of hydrogen-bond donors (Lipinski definition) is 1. The van der Waals surface area contributed by atoms with Gasteiger partial charge in [-0.2, -0.15) is 0 Å². The summed E-state index contributed by atoms with van der Waals surface area (Å²) in [5, 5.41) is 8.99. The van der Waals surface area contributed by atoms with Gasteiger partial charge in [-0.15, -0.1) is 10.2 Å². The van der Waals surface area contributed by atoms with Crippen LogP contribution in [0.5, 0.6) is 0 Å². The number of nitrogens with one attached hydrogen (secondary N) is 1. The van der Waals surface area contributed by atoms with Crippen molar-refractivity contribution in [3.63, 3.8) is 0 Å². The predicted octanol–water partition coefficient (Wildman–Crippen LogP) is 4.63. The molecule has 8 heteroatoms. The summed E-state index contributed by atoms with van der Waals surface area (Å²) in [5.74, 6) is 0.478. The van der Waals surface area contributed by atoms with Crippen molar-refractivity contribution in [2.75, 3.05) is 5.43 Å². The van der Waals surface area contributed by atoms with Crippen LogP contribution in [0, 0.1) is 5.82 Å². The minimum atomic E-state index is -0.427. The average Bonchev–Trinajstić information content (AvgIpc) is 3.22. The fraction of sp³-hybridized carbons (Fsp3) is 0.375. The lowest BCUT2D eigenvalue weighted by atomic mass is 9.95. The zero-order valence-electron chi connectivity index (χ0n) is 18.1. The smallest absolute Gasteiger partial charge is 0.239 e. The average molecular weight is 452 g/mol. The van der Waals surface area contributed by atoms with E-state index < -0.39 is 5.25 Å². The molecule has 4 atom stereocenters. The molecule has 2 aliphatic heterocycles. The first-order chi connectivity index (χ1) is 15.5. The SMILES string of the molecule is C[C@@H]1CCC[C@H](C)N1C(=O)[C@@H]1Sc2nnc(-c3ccccc3)n2N[C@@H]1c1ccc(F)cc1. The van der Waals surface area contributed by atoms with Crippen molar-refractivity contribution < 1.29 is 9.18 Å². The lowest BCUT2D eigenvalue weighted by Crippen LogP contribution is -2.53. The Bertz CT molecular complexity index is 1090. The van der Waals surface area contributed by atoms with Crippen molar-refractivity contribution in [1.29, 1.82) is 0 Å². The van der Waals surface area contributed by atoms with Gasteiger partial charge in [-0.05, 0) is 50.8 Å². The molecule has 32 heavy (non-hydrogen) atoms. The zero-order chi connectivity index (χ0) is 22.2. The largest absolute Gasteiger partial charge is 0.336 e. The van der Waals surface area contributed by atoms with Gasteiger partial charge < -0.3 is 10.3 Å². The third-order valence-electron chi connectivity index (χ3n) is 6.39. The fourth-order valence-corrected chi connectivity index (χ4v) is 5.88. The molecule has 0 unspecified atom stereocenters. The molecule has 0 bridgehead atoms. The fourth-order valence-electron chi connectivity index (χ4n) is 4.74. The summed E-state index contributed by atoms with van der Waals surface area (Å²) >= 11 is 1.43. The highest BCUT2D eigenvalue weighted by atomic mass is 32.2. The lowest BCUT2D eigenvalue weighted by Gasteiger charge is -2.43. The van der Waals surface area contributed by atoms with Gasteiger partial charge in [-0.3, -0.25) is 4.79 Å². The maximum atomic E-state index is 13.8. The van der Waals surface area contributed by atoms with Gasteiger partial charge in [0, 0.05) is 17.6 Å². The van der Waals surface area contributed by atoms with Crippen molar-refractivity contribution in [3.05, 3.63) is 66.0 Å². The standard InChI is InChI=1S/C24H26FN5OS/c1-15-7-6-8-16(2)29(15)23(31)21-20(17-11-13-19(25)14-12-17)28-30-22(26-27-24(30)32-21)18-9-4-3-5-10-18/h3-5,9-16,20-21,28H,6-8H2,1-2H3/t15-,16+,20-,21-/m1/s1. The Kier molecular flexibility index (Phi) is 5.63. The molecule has 0 spiro atoms. The Morgan fingerprint density at radius 1 is 1.03 bits per heavy atom. The van der Waals surface area contributed by atoms with Crippen LogP contribution in [0.15, 0.2) is 59.8 Å². The topological polar surface area (TPSA) is 63.1 Å². The number of benzene rings is 2. The van der Waals surface area contributed by atoms with E-state index in [0.29, 0.717) is 11.0 Å². The van der Waals surface area contributed by atoms with Gasteiger partial charge >= 0.3 is 0 Å². The number of carbonyl (C=O) groups is 1. The molecule has 0 saturated carbocycles. The molecule has 2 aromatic carbocycles. The van der Waals surface area contributed by atoms with Crippen LogP contribution >= 0.6 is 11.8 Å². The summed E-state index contributed by atoms with van der Waals surface area (Å²) in [6.07, 6.45) is 3.16. The van der Waals surface area contributed by atoms with Gasteiger partial charge in [0.1, 0.15) is 11.1 Å². The molecule has 166 valence electrons. The molecule has 1 fully saturated rings. The molecule has 3 aromatic rings. The Hall–Kier alpha value is -2.87. The molecule has 2 aliphatic rings. The van der Waals surface area contributed by atoms with E-state index in [1.807, 2.05) is 39.9 Å². The number of likely N-dealkylation sites (tertiary alicyclic amines) is 1. The predicted molar refractivity (Wildman–Crippen MR) is 123 cm³/mol. The van der Waals surface area contributed by atoms with Crippen LogP contribution < -0.4 is 5.43 Å². The van der Waals surface area contributed by atoms with E-state index in [0.717, 1.165) is 30.4 Å². The molecule has 0 radical (unpaired) electrons. The molecular formula is C24H26FN5OS. The van der Waals surface area contributed by atoms with E-state index in [4.69, 9.17) is 0 Å². The Balaban J connectivity index is 1.54. The van der Waals surface area contributed by atoms with Crippen LogP contribution in [0.25, 0.3) is 11.4 Å². The minimum absolute atomic E-state index is 0.0898. The van der Waals surface area contributed by atoms with Crippen molar-refractivity contribution in [3.8, 4) is 11.4 Å². The number of thioether (sulfide) groups is 1. The summed E-state index contributed by atoms with van der Waals surface area (Å²) in [5.41, 5.74) is 5.27. The molecular weight excluding hydrogens is 425 g/mol. The van der Waals surface area contributed by atoms with Crippen LogP contribution in [0.4, 0.5) is 4.39 Å². The quantitative estimate of drug-likeness (QED) is 0.629. The van der Waals surface area contributed by atoms with Gasteiger partial charge in [-0.25, -0.2) is 9.07 Å². The first-order valence-corrected chi connectivity index (χ1v) is 11.9. The highest BCUT2D eigenvalue weighted by Gasteiger charge is 2.42. The number of aromatic nitrogens is 3. The van der Waals surface area contributed by atoms with E-state index in [1.54, 1.807) is 12.1 Å². The first-order valence-electron chi connectivity index (χ1n) is 11.0. The molecule has 6 nitrogen and oxygen atoms in total. The van der Waals surface area contributed by atoms with E-state index in [1.165, 1.54) is 23.9 Å². The van der Waals surface area contributed by atoms with Gasteiger partial charge in [0.25, 0.3) is 0 Å². The van der Waals surface area contributed by atoms with Crippen LogP contribution in [0.1, 0.15) is 44.7 Å². The zero-order valence-corrected chi connectivity index (χ0v) is 18.9. The number of halogens is 1. The monoisotopic (exact) mass is 451 g/mol. The van der Waals surface area contributed by atoms with Crippen molar-refractivity contribution in [1.82, 2.24) is 19.8 Å². The molecule has 3 heterocycles. The second kappa shape index (κ2) is 8.58. The number of amides is 1. The van der Waals surface area contributed by atoms with Gasteiger partial charge in [0.15, 0.2) is 5.82 Å². The number of carbonyl (C=O) groups excluding carboxylic acids is 1. The number of nitrogens with zero attached hydrogens (tertiary/aromatic N) is 4. The highest BCUT2D eigenvalue weighted by molar-refractivity contribution is 8.00. The summed E-state index contributed by atoms with van der Waals surface area (Å²) in [6.45, 7) is 4.24. The van der Waals surface area contributed by atoms with Crippen molar-refractivity contribution in [2.24, 2.45) is 0 Å². The van der Waals surface area contributed by atoms with E-state index in [9.17, 15) is 9.18 Å². The van der Waals surface area contributed by atoms with Crippen molar-refractivity contribution in [2.45, 2.75) is 61.6 Å². The Morgan fingerprint density at radius 3 is 2.41 bits per heavy atom. The van der Waals surface area contributed by atoms with Gasteiger partial charge in [0.05, 0.1) is 6.04 Å². The van der Waals surface area contributed by atoms with Gasteiger partial charge in [-0.1, -0.05) is 54.2 Å². The molecule has 0 aliphatic carbocycles. The molecule has 1 aromatic heterocycles. The van der Waals surface area contributed by atoms with Gasteiger partial charge in [0.2, 0.25) is 11.1 Å². The van der Waals surface area contributed by atoms with E-state index in [-0.39, 0.29) is 29.8 Å². The maximum Gasteiger partial charge on any atom is 0.239 e. The number of piperidine rings is 1. The number of rotatable bonds is 3. The van der Waals surface area contributed by atoms with E-state index >= 15 is 0 Å². The number of hydrogen-bond acceptors (Lipinski definition) is 5. The van der Waals surface area contributed by atoms with Crippen LogP contribution in [0.3, 0.4) is 0 Å². The normalized spacial score (nSPS) is 25.2. The van der Waals surface area contributed by atoms with E-state index in [2.05, 4.69) is 29.5 Å². The second-order valence-corrected chi connectivity index (χ2v) is 9.69. The number of fused-ring (bicyclic) bond motifs is 1.